The van der Waals surface area contributed by atoms with E-state index in [1.807, 2.05) is 60.7 Å². The van der Waals surface area contributed by atoms with Gasteiger partial charge in [-0.15, -0.1) is 0 Å². The molecule has 0 saturated carbocycles. The van der Waals surface area contributed by atoms with Gasteiger partial charge in [-0.05, 0) is 44.2 Å². The van der Waals surface area contributed by atoms with E-state index in [0.717, 1.165) is 23.0 Å². The lowest BCUT2D eigenvalue weighted by Crippen LogP contribution is -2.11. The zero-order chi connectivity index (χ0) is 16.8. The van der Waals surface area contributed by atoms with Crippen LogP contribution in [0.1, 0.15) is 13.8 Å². The van der Waals surface area contributed by atoms with Crippen molar-refractivity contribution >= 4 is 17.5 Å². The maximum absolute atomic E-state index is 5.94. The minimum absolute atomic E-state index is 0.307. The first-order valence-corrected chi connectivity index (χ1v) is 7.89. The van der Waals surface area contributed by atoms with Gasteiger partial charge in [0.2, 0.25) is 5.95 Å². The van der Waals surface area contributed by atoms with Crippen molar-refractivity contribution in [3.63, 3.8) is 0 Å². The Labute approximate surface area is 141 Å². The number of aromatic nitrogens is 2. The highest BCUT2D eigenvalue weighted by atomic mass is 16.5. The van der Waals surface area contributed by atoms with E-state index in [4.69, 9.17) is 4.74 Å². The molecule has 0 fully saturated rings. The number of anilines is 3. The van der Waals surface area contributed by atoms with Crippen molar-refractivity contribution in [3.8, 4) is 11.5 Å². The van der Waals surface area contributed by atoms with Crippen LogP contribution in [0.4, 0.5) is 17.5 Å². The predicted octanol–water partition coefficient (Wildman–Crippen LogP) is 4.83. The van der Waals surface area contributed by atoms with Gasteiger partial charge in [-0.3, -0.25) is 0 Å². The summed E-state index contributed by atoms with van der Waals surface area (Å²) in [6.45, 7) is 4.14. The van der Waals surface area contributed by atoms with E-state index in [2.05, 4.69) is 34.4 Å². The topological polar surface area (TPSA) is 59.1 Å². The normalized spacial score (nSPS) is 10.5. The molecule has 24 heavy (non-hydrogen) atoms. The lowest BCUT2D eigenvalue weighted by atomic mass is 10.3. The van der Waals surface area contributed by atoms with Gasteiger partial charge in [-0.25, -0.2) is 4.98 Å². The number of nitrogens with zero attached hydrogens (tertiary/aromatic N) is 2. The molecule has 0 unspecified atom stereocenters. The second-order valence-corrected chi connectivity index (χ2v) is 5.60. The zero-order valence-electron chi connectivity index (χ0n) is 13.7. The Morgan fingerprint density at radius 1 is 0.917 bits per heavy atom. The van der Waals surface area contributed by atoms with E-state index in [1.165, 1.54) is 0 Å². The highest BCUT2D eigenvalue weighted by molar-refractivity contribution is 5.63. The van der Waals surface area contributed by atoms with E-state index in [9.17, 15) is 0 Å². The molecule has 0 amide bonds. The summed E-state index contributed by atoms with van der Waals surface area (Å²) in [7, 11) is 0. The molecule has 0 radical (unpaired) electrons. The van der Waals surface area contributed by atoms with Crippen LogP contribution in [0.15, 0.2) is 66.9 Å². The number of hydrogen-bond acceptors (Lipinski definition) is 5. The average Bonchev–Trinajstić information content (AvgIpc) is 2.57. The third-order valence-corrected chi connectivity index (χ3v) is 3.20. The molecule has 2 N–H and O–H groups in total. The Kier molecular flexibility index (Phi) is 4.91. The predicted molar refractivity (Wildman–Crippen MR) is 97.0 cm³/mol. The second-order valence-electron chi connectivity index (χ2n) is 5.60. The molecule has 0 saturated heterocycles. The third-order valence-electron chi connectivity index (χ3n) is 3.20. The standard InChI is InChI=1S/C19H20N4O/c1-14(2)21-18-12-13-20-19(23-18)22-16-10-6-7-11-17(16)24-15-8-4-3-5-9-15/h3-14H,1-2H3,(H2,20,21,22,23). The van der Waals surface area contributed by atoms with Gasteiger partial charge in [-0.1, -0.05) is 30.3 Å². The fourth-order valence-electron chi connectivity index (χ4n) is 2.19. The van der Waals surface area contributed by atoms with Crippen LogP contribution in [0.2, 0.25) is 0 Å². The molecule has 0 spiro atoms. The lowest BCUT2D eigenvalue weighted by Gasteiger charge is -2.13. The Hall–Kier alpha value is -3.08. The van der Waals surface area contributed by atoms with Gasteiger partial charge in [0.05, 0.1) is 5.69 Å². The molecular formula is C19H20N4O. The summed E-state index contributed by atoms with van der Waals surface area (Å²) >= 11 is 0. The number of para-hydroxylation sites is 3. The van der Waals surface area contributed by atoms with E-state index < -0.39 is 0 Å². The summed E-state index contributed by atoms with van der Waals surface area (Å²) in [5.74, 6) is 2.80. The van der Waals surface area contributed by atoms with Crippen molar-refractivity contribution in [2.24, 2.45) is 0 Å². The van der Waals surface area contributed by atoms with Crippen LogP contribution >= 0.6 is 0 Å². The summed E-state index contributed by atoms with van der Waals surface area (Å²) in [6, 6.07) is 19.5. The van der Waals surface area contributed by atoms with Gasteiger partial charge in [0, 0.05) is 12.2 Å². The van der Waals surface area contributed by atoms with Gasteiger partial charge in [-0.2, -0.15) is 4.98 Å². The van der Waals surface area contributed by atoms with Crippen molar-refractivity contribution in [1.82, 2.24) is 9.97 Å². The quantitative estimate of drug-likeness (QED) is 0.681. The maximum atomic E-state index is 5.94. The SMILES string of the molecule is CC(C)Nc1ccnc(Nc2ccccc2Oc2ccccc2)n1. The number of benzene rings is 2. The van der Waals surface area contributed by atoms with Gasteiger partial charge in [0.25, 0.3) is 0 Å². The van der Waals surface area contributed by atoms with Gasteiger partial charge in [0.1, 0.15) is 11.6 Å². The van der Waals surface area contributed by atoms with Crippen LogP contribution in [0, 0.1) is 0 Å². The average molecular weight is 320 g/mol. The first kappa shape index (κ1) is 15.8. The zero-order valence-corrected chi connectivity index (χ0v) is 13.7. The van der Waals surface area contributed by atoms with Crippen LogP contribution in [-0.2, 0) is 0 Å². The van der Waals surface area contributed by atoms with Crippen molar-refractivity contribution < 1.29 is 4.74 Å². The molecule has 2 aromatic carbocycles. The smallest absolute Gasteiger partial charge is 0.229 e. The largest absolute Gasteiger partial charge is 0.455 e. The minimum atomic E-state index is 0.307. The highest BCUT2D eigenvalue weighted by Gasteiger charge is 2.07. The summed E-state index contributed by atoms with van der Waals surface area (Å²) in [4.78, 5) is 8.74. The fraction of sp³-hybridized carbons (Fsp3) is 0.158. The van der Waals surface area contributed by atoms with Crippen LogP contribution in [0.3, 0.4) is 0 Å². The molecule has 1 heterocycles. The van der Waals surface area contributed by atoms with Crippen LogP contribution in [0.25, 0.3) is 0 Å². The molecule has 3 rings (SSSR count). The number of ether oxygens (including phenoxy) is 1. The third kappa shape index (κ3) is 4.23. The summed E-state index contributed by atoms with van der Waals surface area (Å²) < 4.78 is 5.94. The molecule has 1 aromatic heterocycles. The Balaban J connectivity index is 1.80. The molecule has 0 aliphatic heterocycles. The number of nitrogens with one attached hydrogen (secondary N) is 2. The lowest BCUT2D eigenvalue weighted by molar-refractivity contribution is 0.485. The Morgan fingerprint density at radius 2 is 1.67 bits per heavy atom. The molecular weight excluding hydrogens is 300 g/mol. The first-order valence-electron chi connectivity index (χ1n) is 7.89. The molecule has 0 bridgehead atoms. The van der Waals surface area contributed by atoms with Crippen molar-refractivity contribution in [2.45, 2.75) is 19.9 Å². The number of rotatable bonds is 6. The molecule has 122 valence electrons. The van der Waals surface area contributed by atoms with E-state index >= 15 is 0 Å². The molecule has 0 aliphatic rings. The number of hydrogen-bond donors (Lipinski definition) is 2. The van der Waals surface area contributed by atoms with Crippen LogP contribution in [0.5, 0.6) is 11.5 Å². The minimum Gasteiger partial charge on any atom is -0.455 e. The van der Waals surface area contributed by atoms with Crippen LogP contribution < -0.4 is 15.4 Å². The Bertz CT molecular complexity index is 790. The van der Waals surface area contributed by atoms with Gasteiger partial charge in [0.15, 0.2) is 5.75 Å². The summed E-state index contributed by atoms with van der Waals surface area (Å²) in [5.41, 5.74) is 0.808. The van der Waals surface area contributed by atoms with E-state index in [-0.39, 0.29) is 0 Å². The maximum Gasteiger partial charge on any atom is 0.229 e. The fourth-order valence-corrected chi connectivity index (χ4v) is 2.19. The van der Waals surface area contributed by atoms with Crippen LogP contribution in [-0.4, -0.2) is 16.0 Å². The molecule has 0 atom stereocenters. The first-order chi connectivity index (χ1) is 11.7. The summed E-state index contributed by atoms with van der Waals surface area (Å²) in [5, 5.41) is 6.48. The monoisotopic (exact) mass is 320 g/mol. The van der Waals surface area contributed by atoms with Gasteiger partial charge < -0.3 is 15.4 Å². The van der Waals surface area contributed by atoms with Crippen molar-refractivity contribution in [2.75, 3.05) is 10.6 Å². The van der Waals surface area contributed by atoms with Crippen molar-refractivity contribution in [1.29, 1.82) is 0 Å². The molecule has 3 aromatic rings. The summed E-state index contributed by atoms with van der Waals surface area (Å²) in [6.07, 6.45) is 1.72. The molecule has 0 aliphatic carbocycles. The van der Waals surface area contributed by atoms with E-state index in [1.54, 1.807) is 6.20 Å². The molecule has 5 nitrogen and oxygen atoms in total. The van der Waals surface area contributed by atoms with E-state index in [0.29, 0.717) is 12.0 Å². The highest BCUT2D eigenvalue weighted by Crippen LogP contribution is 2.30. The molecule has 5 heteroatoms. The van der Waals surface area contributed by atoms with Crippen molar-refractivity contribution in [3.05, 3.63) is 66.9 Å². The Morgan fingerprint density at radius 3 is 2.46 bits per heavy atom. The second kappa shape index (κ2) is 7.46. The van der Waals surface area contributed by atoms with Gasteiger partial charge >= 0.3 is 0 Å².